The van der Waals surface area contributed by atoms with E-state index in [2.05, 4.69) is 30.7 Å². The predicted octanol–water partition coefficient (Wildman–Crippen LogP) is 3.63. The molecule has 0 saturated heterocycles. The molecule has 0 aliphatic rings. The number of imidazole rings is 1. The van der Waals surface area contributed by atoms with Gasteiger partial charge in [-0.2, -0.15) is 0 Å². The Morgan fingerprint density at radius 3 is 2.68 bits per heavy atom. The van der Waals surface area contributed by atoms with Gasteiger partial charge in [0, 0.05) is 0 Å². The quantitative estimate of drug-likeness (QED) is 0.611. The number of nitrogens with one attached hydrogen (secondary N) is 2. The lowest BCUT2D eigenvalue weighted by atomic mass is 9.90. The van der Waals surface area contributed by atoms with Crippen LogP contribution in [0.2, 0.25) is 0 Å². The van der Waals surface area contributed by atoms with E-state index in [1.807, 2.05) is 26.1 Å². The third-order valence-electron chi connectivity index (χ3n) is 4.02. The normalized spacial score (nSPS) is 15.2. The van der Waals surface area contributed by atoms with Crippen molar-refractivity contribution in [2.24, 2.45) is 0 Å². The summed E-state index contributed by atoms with van der Waals surface area (Å²) < 4.78 is 0. The van der Waals surface area contributed by atoms with Crippen molar-refractivity contribution in [1.82, 2.24) is 15.3 Å². The second-order valence-corrected chi connectivity index (χ2v) is 5.50. The van der Waals surface area contributed by atoms with Crippen molar-refractivity contribution in [2.75, 3.05) is 13.7 Å². The van der Waals surface area contributed by atoms with Gasteiger partial charge in [0.05, 0.1) is 23.5 Å². The maximum absolute atomic E-state index is 8.86. The van der Waals surface area contributed by atoms with Crippen LogP contribution in [0.3, 0.4) is 0 Å². The van der Waals surface area contributed by atoms with Gasteiger partial charge >= 0.3 is 0 Å². The molecule has 0 fully saturated rings. The van der Waals surface area contributed by atoms with E-state index < -0.39 is 0 Å². The first-order valence-corrected chi connectivity index (χ1v) is 7.94. The molecule has 0 aliphatic heterocycles. The molecule has 1 aromatic heterocycles. The number of aromatic nitrogens is 2. The lowest BCUT2D eigenvalue weighted by Crippen LogP contribution is -2.40. The molecule has 4 heteroatoms. The molecule has 0 spiro atoms. The molecule has 4 nitrogen and oxygen atoms in total. The molecule has 1 rings (SSSR count). The second kappa shape index (κ2) is 8.71. The summed E-state index contributed by atoms with van der Waals surface area (Å²) in [6.45, 7) is 10.3. The molecule has 0 saturated carbocycles. The van der Waals surface area contributed by atoms with Gasteiger partial charge in [-0.3, -0.25) is 0 Å². The molecule has 22 heavy (non-hydrogen) atoms. The van der Waals surface area contributed by atoms with E-state index in [1.54, 1.807) is 12.2 Å². The van der Waals surface area contributed by atoms with Gasteiger partial charge in [-0.05, 0) is 44.5 Å². The Kier molecular flexibility index (Phi) is 7.28. The molecule has 1 atom stereocenters. The molecule has 1 unspecified atom stereocenters. The van der Waals surface area contributed by atoms with Gasteiger partial charge in [0.1, 0.15) is 5.82 Å². The molecule has 0 bridgehead atoms. The topological polar surface area (TPSA) is 60.9 Å². The van der Waals surface area contributed by atoms with E-state index in [0.717, 1.165) is 42.0 Å². The molecule has 1 heterocycles. The molecule has 3 N–H and O–H groups in total. The third kappa shape index (κ3) is 4.18. The fourth-order valence-electron chi connectivity index (χ4n) is 2.72. The van der Waals surface area contributed by atoms with E-state index in [9.17, 15) is 0 Å². The smallest absolute Gasteiger partial charge is 0.127 e. The van der Waals surface area contributed by atoms with E-state index >= 15 is 0 Å². The highest BCUT2D eigenvalue weighted by molar-refractivity contribution is 5.62. The van der Waals surface area contributed by atoms with Crippen LogP contribution in [0.15, 0.2) is 24.3 Å². The number of hydrogen-bond acceptors (Lipinski definition) is 3. The van der Waals surface area contributed by atoms with Gasteiger partial charge in [0.2, 0.25) is 0 Å². The summed E-state index contributed by atoms with van der Waals surface area (Å²) in [6, 6.07) is 0. The molecule has 122 valence electrons. The first-order valence-electron chi connectivity index (χ1n) is 7.94. The Hall–Kier alpha value is -1.65. The van der Waals surface area contributed by atoms with Gasteiger partial charge in [0.25, 0.3) is 0 Å². The predicted molar refractivity (Wildman–Crippen MR) is 94.5 cm³/mol. The molecular weight excluding hydrogens is 274 g/mol. The summed E-state index contributed by atoms with van der Waals surface area (Å²) in [5, 5.41) is 12.3. The van der Waals surface area contributed by atoms with Crippen molar-refractivity contribution in [3.63, 3.8) is 0 Å². The van der Waals surface area contributed by atoms with Crippen molar-refractivity contribution in [1.29, 1.82) is 0 Å². The van der Waals surface area contributed by atoms with E-state index in [4.69, 9.17) is 10.1 Å². The Balaban J connectivity index is 3.26. The third-order valence-corrected chi connectivity index (χ3v) is 4.02. The number of allylic oxidation sites excluding steroid dienone is 2. The lowest BCUT2D eigenvalue weighted by Gasteiger charge is -2.30. The minimum Gasteiger partial charge on any atom is -0.392 e. The zero-order valence-corrected chi connectivity index (χ0v) is 14.2. The average Bonchev–Trinajstić information content (AvgIpc) is 2.94. The van der Waals surface area contributed by atoms with Crippen LogP contribution in [0.5, 0.6) is 0 Å². The number of aromatic amines is 1. The second-order valence-electron chi connectivity index (χ2n) is 5.50. The highest BCUT2D eigenvalue weighted by Gasteiger charge is 2.31. The van der Waals surface area contributed by atoms with E-state index in [1.165, 1.54) is 0 Å². The van der Waals surface area contributed by atoms with Crippen molar-refractivity contribution < 1.29 is 5.11 Å². The Morgan fingerprint density at radius 1 is 1.45 bits per heavy atom. The average molecular weight is 303 g/mol. The Labute approximate surface area is 134 Å². The van der Waals surface area contributed by atoms with Crippen molar-refractivity contribution in [2.45, 2.75) is 45.6 Å². The largest absolute Gasteiger partial charge is 0.392 e. The van der Waals surface area contributed by atoms with Gasteiger partial charge in [-0.15, -0.1) is 0 Å². The highest BCUT2D eigenvalue weighted by Crippen LogP contribution is 2.29. The monoisotopic (exact) mass is 303 g/mol. The summed E-state index contributed by atoms with van der Waals surface area (Å²) in [7, 11) is 1.99. The highest BCUT2D eigenvalue weighted by atomic mass is 16.2. The van der Waals surface area contributed by atoms with Gasteiger partial charge in [0.15, 0.2) is 0 Å². The minimum absolute atomic E-state index is 0.0446. The van der Waals surface area contributed by atoms with Crippen LogP contribution in [0.1, 0.15) is 57.2 Å². The molecule has 0 aromatic carbocycles. The van der Waals surface area contributed by atoms with Crippen LogP contribution < -0.4 is 5.32 Å². The van der Waals surface area contributed by atoms with Crippen LogP contribution in [-0.2, 0) is 5.54 Å². The number of aliphatic hydroxyl groups excluding tert-OH is 1. The van der Waals surface area contributed by atoms with Crippen LogP contribution >= 0.6 is 0 Å². The van der Waals surface area contributed by atoms with Crippen LogP contribution in [-0.4, -0.2) is 28.7 Å². The molecule has 0 amide bonds. The first kappa shape index (κ1) is 18.4. The molecule has 1 aromatic rings. The fourth-order valence-corrected chi connectivity index (χ4v) is 2.72. The first-order chi connectivity index (χ1) is 10.6. The fraction of sp³-hybridized carbons (Fsp3) is 0.500. The molecule has 0 aliphatic carbocycles. The number of aliphatic hydroxyl groups is 1. The number of rotatable bonds is 9. The van der Waals surface area contributed by atoms with E-state index in [0.29, 0.717) is 0 Å². The maximum atomic E-state index is 8.86. The van der Waals surface area contributed by atoms with E-state index in [-0.39, 0.29) is 12.1 Å². The van der Waals surface area contributed by atoms with Crippen molar-refractivity contribution in [3.8, 4) is 0 Å². The zero-order chi connectivity index (χ0) is 16.6. The molecule has 0 radical (unpaired) electrons. The van der Waals surface area contributed by atoms with Crippen molar-refractivity contribution >= 4 is 12.2 Å². The van der Waals surface area contributed by atoms with Crippen LogP contribution in [0.4, 0.5) is 0 Å². The van der Waals surface area contributed by atoms with Crippen molar-refractivity contribution in [3.05, 3.63) is 41.5 Å². The maximum Gasteiger partial charge on any atom is 0.127 e. The summed E-state index contributed by atoms with van der Waals surface area (Å²) in [4.78, 5) is 8.19. The van der Waals surface area contributed by atoms with Gasteiger partial charge in [-0.1, -0.05) is 39.0 Å². The van der Waals surface area contributed by atoms with Gasteiger partial charge in [-0.25, -0.2) is 4.98 Å². The Bertz CT molecular complexity index is 537. The SMILES string of the molecule is C=Cc1nc(C(CC)(CCC)NC)[nH]c1/C=C(C)/C=C/CO. The minimum atomic E-state index is -0.132. The summed E-state index contributed by atoms with van der Waals surface area (Å²) >= 11 is 0. The summed E-state index contributed by atoms with van der Waals surface area (Å²) in [5.74, 6) is 0.958. The Morgan fingerprint density at radius 2 is 2.18 bits per heavy atom. The number of nitrogens with zero attached hydrogens (tertiary/aromatic N) is 1. The number of hydrogen-bond donors (Lipinski definition) is 3. The standard InChI is InChI=1S/C18H29N3O/c1-6-11-18(8-3,19-5)17-20-15(7-2)16(21-17)13-14(4)10-9-12-22/h7,9-10,13,19,22H,2,6,8,11-12H2,1,3-5H3,(H,20,21)/b10-9+,14-13+. The van der Waals surface area contributed by atoms with Crippen LogP contribution in [0.25, 0.3) is 12.2 Å². The van der Waals surface area contributed by atoms with Gasteiger partial charge < -0.3 is 15.4 Å². The molecular formula is C18H29N3O. The zero-order valence-electron chi connectivity index (χ0n) is 14.2. The number of H-pyrrole nitrogens is 1. The summed E-state index contributed by atoms with van der Waals surface area (Å²) in [5.41, 5.74) is 2.73. The van der Waals surface area contributed by atoms with Crippen LogP contribution in [0, 0.1) is 0 Å². The summed E-state index contributed by atoms with van der Waals surface area (Å²) in [6.07, 6.45) is 10.5. The lowest BCUT2D eigenvalue weighted by molar-refractivity contribution is 0.301.